The first-order valence-electron chi connectivity index (χ1n) is 17.7. The molecule has 7 aromatic carbocycles. The number of oxazole rings is 1. The SMILES string of the molecule is c1ccc(-c2ccc(-c3nc(-c4ccc(-c5cccccc6ccccc6cc5)cc4)cc(-c4ccc(-c5nc6ccccc6o5)cc4)n3)cc2)cc1. The van der Waals surface area contributed by atoms with Gasteiger partial charge in [-0.25, -0.2) is 15.0 Å². The van der Waals surface area contributed by atoms with Gasteiger partial charge in [0.15, 0.2) is 11.4 Å². The molecule has 0 atom stereocenters. The van der Waals surface area contributed by atoms with Gasteiger partial charge in [-0.05, 0) is 63.4 Å². The molecule has 0 N–H and O–H groups in total. The average molecular weight is 680 g/mol. The Kier molecular flexibility index (Phi) is 8.53. The molecule has 0 bridgehead atoms. The lowest BCUT2D eigenvalue weighted by Crippen LogP contribution is -1.96. The highest BCUT2D eigenvalue weighted by atomic mass is 16.3. The molecule has 0 saturated heterocycles. The summed E-state index contributed by atoms with van der Waals surface area (Å²) in [5.41, 5.74) is 11.7. The lowest BCUT2D eigenvalue weighted by molar-refractivity contribution is 0.620. The molecule has 0 aliphatic carbocycles. The zero-order valence-electron chi connectivity index (χ0n) is 28.8. The molecule has 0 fully saturated rings. The first-order chi connectivity index (χ1) is 26.2. The molecular weight excluding hydrogens is 647 g/mol. The third-order valence-electron chi connectivity index (χ3n) is 9.42. The summed E-state index contributed by atoms with van der Waals surface area (Å²) in [6.45, 7) is 0. The molecule has 0 saturated carbocycles. The molecule has 0 radical (unpaired) electrons. The van der Waals surface area contributed by atoms with Crippen molar-refractivity contribution in [2.24, 2.45) is 0 Å². The van der Waals surface area contributed by atoms with E-state index in [4.69, 9.17) is 14.4 Å². The minimum Gasteiger partial charge on any atom is -0.436 e. The number of fused-ring (bicyclic) bond motifs is 2. The molecule has 2 heterocycles. The summed E-state index contributed by atoms with van der Waals surface area (Å²) in [4.78, 5) is 14.9. The van der Waals surface area contributed by atoms with Crippen molar-refractivity contribution in [2.45, 2.75) is 0 Å². The Morgan fingerprint density at radius 2 is 0.717 bits per heavy atom. The standard InChI is InChI=1S/C49H33N3O/c1-4-12-35(13-5-1)38-23-29-42(30-24-38)48-50-45(33-46(51-48)41-27-31-43(32-28-41)49-52-44-17-9-10-18-47(44)53-49)40-25-21-39(22-26-40)37-14-6-2-3-11-34-15-7-8-16-36(34)19-20-37/h1-33H. The van der Waals surface area contributed by atoms with Gasteiger partial charge in [-0.1, -0.05) is 170 Å². The number of hydrogen-bond donors (Lipinski definition) is 0. The summed E-state index contributed by atoms with van der Waals surface area (Å²) in [5, 5.41) is 2.37. The number of aromatic nitrogens is 3. The Morgan fingerprint density at radius 1 is 0.302 bits per heavy atom. The summed E-state index contributed by atoms with van der Waals surface area (Å²) >= 11 is 0. The first-order valence-corrected chi connectivity index (χ1v) is 17.7. The van der Waals surface area contributed by atoms with Crippen LogP contribution in [0.1, 0.15) is 0 Å². The van der Waals surface area contributed by atoms with Crippen LogP contribution < -0.4 is 0 Å². The van der Waals surface area contributed by atoms with Crippen molar-refractivity contribution in [1.82, 2.24) is 15.0 Å². The van der Waals surface area contributed by atoms with E-state index in [0.717, 1.165) is 61.4 Å². The molecule has 0 amide bonds. The molecule has 4 nitrogen and oxygen atoms in total. The third-order valence-corrected chi connectivity index (χ3v) is 9.42. The van der Waals surface area contributed by atoms with Crippen LogP contribution in [0.4, 0.5) is 0 Å². The Labute approximate surface area is 308 Å². The summed E-state index contributed by atoms with van der Waals surface area (Å²) in [5.74, 6) is 1.26. The minimum absolute atomic E-state index is 0.594. The highest BCUT2D eigenvalue weighted by Gasteiger charge is 2.13. The van der Waals surface area contributed by atoms with Gasteiger partial charge < -0.3 is 4.42 Å². The Balaban J connectivity index is 1.10. The monoisotopic (exact) mass is 679 g/mol. The van der Waals surface area contributed by atoms with Crippen LogP contribution in [0.2, 0.25) is 0 Å². The molecule has 0 spiro atoms. The molecule has 2 aromatic heterocycles. The van der Waals surface area contributed by atoms with E-state index in [1.54, 1.807) is 0 Å². The van der Waals surface area contributed by atoms with Gasteiger partial charge >= 0.3 is 0 Å². The van der Waals surface area contributed by atoms with Crippen LogP contribution >= 0.6 is 0 Å². The van der Waals surface area contributed by atoms with Crippen LogP contribution in [0, 0.1) is 0 Å². The molecule has 53 heavy (non-hydrogen) atoms. The van der Waals surface area contributed by atoms with Gasteiger partial charge in [-0.2, -0.15) is 0 Å². The average Bonchev–Trinajstić information content (AvgIpc) is 3.68. The van der Waals surface area contributed by atoms with Crippen molar-refractivity contribution in [3.05, 3.63) is 200 Å². The molecule has 0 aliphatic heterocycles. The van der Waals surface area contributed by atoms with Gasteiger partial charge in [0.25, 0.3) is 0 Å². The van der Waals surface area contributed by atoms with Gasteiger partial charge in [0.05, 0.1) is 11.4 Å². The van der Waals surface area contributed by atoms with Gasteiger partial charge in [-0.15, -0.1) is 0 Å². The fraction of sp³-hybridized carbons (Fsp3) is 0. The largest absolute Gasteiger partial charge is 0.436 e. The molecule has 9 aromatic rings. The second-order valence-electron chi connectivity index (χ2n) is 12.9. The molecule has 0 unspecified atom stereocenters. The van der Waals surface area contributed by atoms with Crippen molar-refractivity contribution in [1.29, 1.82) is 0 Å². The van der Waals surface area contributed by atoms with Crippen LogP contribution in [0.5, 0.6) is 0 Å². The van der Waals surface area contributed by atoms with E-state index in [0.29, 0.717) is 11.7 Å². The smallest absolute Gasteiger partial charge is 0.227 e. The van der Waals surface area contributed by atoms with Crippen LogP contribution in [0.25, 0.3) is 89.5 Å². The quantitative estimate of drug-likeness (QED) is 0.175. The van der Waals surface area contributed by atoms with E-state index in [1.165, 1.54) is 16.3 Å². The number of para-hydroxylation sites is 2. The highest BCUT2D eigenvalue weighted by Crippen LogP contribution is 2.32. The van der Waals surface area contributed by atoms with Crippen LogP contribution in [0.15, 0.2) is 205 Å². The normalized spacial score (nSPS) is 11.0. The van der Waals surface area contributed by atoms with Gasteiger partial charge in [0, 0.05) is 22.3 Å². The van der Waals surface area contributed by atoms with E-state index >= 15 is 0 Å². The van der Waals surface area contributed by atoms with E-state index in [-0.39, 0.29) is 0 Å². The predicted molar refractivity (Wildman–Crippen MR) is 217 cm³/mol. The Morgan fingerprint density at radius 3 is 1.32 bits per heavy atom. The molecular formula is C49H33N3O. The van der Waals surface area contributed by atoms with Gasteiger partial charge in [0.1, 0.15) is 5.52 Å². The topological polar surface area (TPSA) is 51.8 Å². The maximum Gasteiger partial charge on any atom is 0.227 e. The van der Waals surface area contributed by atoms with Crippen LogP contribution in [-0.4, -0.2) is 15.0 Å². The van der Waals surface area contributed by atoms with Crippen LogP contribution in [-0.2, 0) is 0 Å². The van der Waals surface area contributed by atoms with E-state index < -0.39 is 0 Å². The second-order valence-corrected chi connectivity index (χ2v) is 12.9. The molecule has 0 aliphatic rings. The fourth-order valence-corrected chi connectivity index (χ4v) is 6.55. The summed E-state index contributed by atoms with van der Waals surface area (Å²) in [6, 6.07) is 68.9. The van der Waals surface area contributed by atoms with Crippen molar-refractivity contribution in [3.63, 3.8) is 0 Å². The van der Waals surface area contributed by atoms with Crippen molar-refractivity contribution in [2.75, 3.05) is 0 Å². The molecule has 250 valence electrons. The maximum atomic E-state index is 6.04. The van der Waals surface area contributed by atoms with E-state index in [9.17, 15) is 0 Å². The number of rotatable bonds is 6. The predicted octanol–water partition coefficient (Wildman–Crippen LogP) is 12.9. The number of hydrogen-bond acceptors (Lipinski definition) is 4. The van der Waals surface area contributed by atoms with E-state index in [2.05, 4.69) is 163 Å². The van der Waals surface area contributed by atoms with Crippen LogP contribution in [0.3, 0.4) is 0 Å². The van der Waals surface area contributed by atoms with Crippen molar-refractivity contribution >= 4 is 21.9 Å². The lowest BCUT2D eigenvalue weighted by atomic mass is 10.0. The van der Waals surface area contributed by atoms with Crippen molar-refractivity contribution in [3.8, 4) is 67.6 Å². The number of benzene rings is 6. The van der Waals surface area contributed by atoms with Crippen molar-refractivity contribution < 1.29 is 4.42 Å². The summed E-state index contributed by atoms with van der Waals surface area (Å²) < 4.78 is 6.04. The fourth-order valence-electron chi connectivity index (χ4n) is 6.55. The third kappa shape index (κ3) is 6.82. The highest BCUT2D eigenvalue weighted by molar-refractivity contribution is 5.82. The van der Waals surface area contributed by atoms with Gasteiger partial charge in [-0.3, -0.25) is 0 Å². The number of nitrogens with zero attached hydrogens (tertiary/aromatic N) is 3. The summed E-state index contributed by atoms with van der Waals surface area (Å²) in [7, 11) is 0. The summed E-state index contributed by atoms with van der Waals surface area (Å²) in [6.07, 6.45) is 0. The molecule has 9 rings (SSSR count). The Bertz CT molecular complexity index is 2720. The first kappa shape index (κ1) is 31.8. The zero-order chi connectivity index (χ0) is 35.4. The zero-order valence-corrected chi connectivity index (χ0v) is 28.8. The van der Waals surface area contributed by atoms with Gasteiger partial charge in [0.2, 0.25) is 5.89 Å². The molecule has 4 heteroatoms. The lowest BCUT2D eigenvalue weighted by Gasteiger charge is -2.11. The second kappa shape index (κ2) is 14.2. The van der Waals surface area contributed by atoms with E-state index in [1.807, 2.05) is 42.5 Å². The Hall–Kier alpha value is -7.17. The minimum atomic E-state index is 0.594. The maximum absolute atomic E-state index is 6.04.